The quantitative estimate of drug-likeness (QED) is 0.876. The van der Waals surface area contributed by atoms with Crippen LogP contribution >= 0.6 is 11.5 Å². The summed E-state index contributed by atoms with van der Waals surface area (Å²) in [5.41, 5.74) is -0.167. The number of nitrogens with zero attached hydrogens (tertiary/aromatic N) is 4. The van der Waals surface area contributed by atoms with Gasteiger partial charge in [-0.25, -0.2) is 18.2 Å². The Morgan fingerprint density at radius 3 is 2.35 bits per heavy atom. The maximum absolute atomic E-state index is 12.2. The Morgan fingerprint density at radius 2 is 1.87 bits per heavy atom. The first kappa shape index (κ1) is 18.1. The van der Waals surface area contributed by atoms with E-state index in [1.165, 1.54) is 4.31 Å². The molecule has 0 aliphatic carbocycles. The zero-order chi connectivity index (χ0) is 17.3. The highest BCUT2D eigenvalue weighted by molar-refractivity contribution is 7.89. The molecule has 1 aliphatic heterocycles. The fourth-order valence-corrected chi connectivity index (χ4v) is 3.93. The molecule has 0 spiro atoms. The highest BCUT2D eigenvalue weighted by atomic mass is 32.2. The number of nitrogens with one attached hydrogen (secondary N) is 1. The minimum Gasteiger partial charge on any atom is -0.322 e. The first-order chi connectivity index (χ1) is 10.6. The average Bonchev–Trinajstić information content (AvgIpc) is 2.96. The molecule has 0 aromatic carbocycles. The lowest BCUT2D eigenvalue weighted by Crippen LogP contribution is -2.51. The van der Waals surface area contributed by atoms with Crippen molar-refractivity contribution in [1.82, 2.24) is 18.6 Å². The second-order valence-corrected chi connectivity index (χ2v) is 9.40. The first-order valence-corrected chi connectivity index (χ1v) is 9.89. The monoisotopic (exact) mass is 361 g/mol. The first-order valence-electron chi connectivity index (χ1n) is 7.51. The number of urea groups is 1. The van der Waals surface area contributed by atoms with E-state index in [0.717, 1.165) is 11.5 Å². The number of hydrogen-bond donors (Lipinski definition) is 1. The molecule has 0 radical (unpaired) electrons. The molecule has 2 heterocycles. The van der Waals surface area contributed by atoms with Gasteiger partial charge in [-0.3, -0.25) is 5.32 Å². The van der Waals surface area contributed by atoms with Gasteiger partial charge in [-0.2, -0.15) is 8.68 Å². The average molecular weight is 361 g/mol. The van der Waals surface area contributed by atoms with Crippen LogP contribution in [-0.4, -0.2) is 64.9 Å². The van der Waals surface area contributed by atoms with Crippen molar-refractivity contribution < 1.29 is 13.2 Å². The van der Waals surface area contributed by atoms with E-state index in [1.807, 2.05) is 20.8 Å². The number of hydrogen-bond acceptors (Lipinski definition) is 6. The van der Waals surface area contributed by atoms with Gasteiger partial charge in [-0.1, -0.05) is 20.8 Å². The van der Waals surface area contributed by atoms with Gasteiger partial charge in [0.1, 0.15) is 5.82 Å². The topological polar surface area (TPSA) is 95.5 Å². The maximum Gasteiger partial charge on any atom is 0.323 e. The molecule has 2 rings (SSSR count). The standard InChI is InChI=1S/C13H23N5O3S2/c1-5-23(20,21)18-8-6-17(7-9-18)12(19)15-11-14-10(16-22-11)13(2,3)4/h5-9H2,1-4H3,(H,14,15,16,19). The highest BCUT2D eigenvalue weighted by Crippen LogP contribution is 2.23. The second kappa shape index (κ2) is 6.70. The molecule has 130 valence electrons. The fourth-order valence-electron chi connectivity index (χ4n) is 2.10. The molecule has 10 heteroatoms. The normalized spacial score (nSPS) is 17.3. The van der Waals surface area contributed by atoms with Crippen LogP contribution in [0.2, 0.25) is 0 Å². The van der Waals surface area contributed by atoms with E-state index in [-0.39, 0.29) is 17.2 Å². The van der Waals surface area contributed by atoms with Crippen molar-refractivity contribution in [2.24, 2.45) is 0 Å². The lowest BCUT2D eigenvalue weighted by Gasteiger charge is -2.33. The number of anilines is 1. The summed E-state index contributed by atoms with van der Waals surface area (Å²) in [6.45, 7) is 9.04. The molecular formula is C13H23N5O3S2. The lowest BCUT2D eigenvalue weighted by molar-refractivity contribution is 0.184. The predicted octanol–water partition coefficient (Wildman–Crippen LogP) is 1.33. The third-order valence-corrected chi connectivity index (χ3v) is 6.11. The largest absolute Gasteiger partial charge is 0.323 e. The van der Waals surface area contributed by atoms with E-state index >= 15 is 0 Å². The van der Waals surface area contributed by atoms with E-state index in [4.69, 9.17) is 0 Å². The third-order valence-electron chi connectivity index (χ3n) is 3.59. The Balaban J connectivity index is 1.92. The molecule has 1 saturated heterocycles. The molecule has 1 fully saturated rings. The van der Waals surface area contributed by atoms with Gasteiger partial charge in [0, 0.05) is 43.1 Å². The molecule has 0 saturated carbocycles. The van der Waals surface area contributed by atoms with Crippen LogP contribution in [0.1, 0.15) is 33.5 Å². The smallest absolute Gasteiger partial charge is 0.322 e. The second-order valence-electron chi connectivity index (χ2n) is 6.39. The van der Waals surface area contributed by atoms with Crippen molar-refractivity contribution in [3.8, 4) is 0 Å². The van der Waals surface area contributed by atoms with Crippen molar-refractivity contribution in [1.29, 1.82) is 0 Å². The van der Waals surface area contributed by atoms with Gasteiger partial charge in [0.05, 0.1) is 5.75 Å². The van der Waals surface area contributed by atoms with Gasteiger partial charge in [0.15, 0.2) is 0 Å². The zero-order valence-electron chi connectivity index (χ0n) is 13.9. The van der Waals surface area contributed by atoms with Crippen LogP contribution in [-0.2, 0) is 15.4 Å². The summed E-state index contributed by atoms with van der Waals surface area (Å²) in [6, 6.07) is -0.268. The van der Waals surface area contributed by atoms with Gasteiger partial charge in [-0.15, -0.1) is 0 Å². The van der Waals surface area contributed by atoms with Crippen LogP contribution in [0.3, 0.4) is 0 Å². The third kappa shape index (κ3) is 4.39. The Bertz CT molecular complexity index is 657. The predicted molar refractivity (Wildman–Crippen MR) is 90.2 cm³/mol. The SMILES string of the molecule is CCS(=O)(=O)N1CCN(C(=O)Nc2nc(C(C)(C)C)ns2)CC1. The zero-order valence-corrected chi connectivity index (χ0v) is 15.5. The number of carbonyl (C=O) groups excluding carboxylic acids is 1. The van der Waals surface area contributed by atoms with Crippen LogP contribution < -0.4 is 5.32 Å². The van der Waals surface area contributed by atoms with Crippen molar-refractivity contribution in [2.75, 3.05) is 37.2 Å². The number of aromatic nitrogens is 2. The Morgan fingerprint density at radius 1 is 1.26 bits per heavy atom. The summed E-state index contributed by atoms with van der Waals surface area (Å²) in [6.07, 6.45) is 0. The van der Waals surface area contributed by atoms with E-state index in [1.54, 1.807) is 11.8 Å². The maximum atomic E-state index is 12.2. The van der Waals surface area contributed by atoms with Crippen LogP contribution in [0, 0.1) is 0 Å². The fraction of sp³-hybridized carbons (Fsp3) is 0.769. The van der Waals surface area contributed by atoms with Crippen LogP contribution in [0.15, 0.2) is 0 Å². The lowest BCUT2D eigenvalue weighted by atomic mass is 9.96. The number of amides is 2. The van der Waals surface area contributed by atoms with Crippen molar-refractivity contribution in [3.63, 3.8) is 0 Å². The molecule has 0 atom stereocenters. The molecule has 23 heavy (non-hydrogen) atoms. The Hall–Kier alpha value is -1.26. The number of carbonyl (C=O) groups is 1. The Kier molecular flexibility index (Phi) is 5.27. The molecule has 2 amide bonds. The van der Waals surface area contributed by atoms with E-state index in [0.29, 0.717) is 37.1 Å². The minimum absolute atomic E-state index is 0.0829. The van der Waals surface area contributed by atoms with Crippen LogP contribution in [0.4, 0.5) is 9.93 Å². The molecule has 1 aromatic heterocycles. The van der Waals surface area contributed by atoms with Gasteiger partial charge in [-0.05, 0) is 6.92 Å². The van der Waals surface area contributed by atoms with Crippen molar-refractivity contribution in [2.45, 2.75) is 33.1 Å². The summed E-state index contributed by atoms with van der Waals surface area (Å²) in [4.78, 5) is 18.2. The summed E-state index contributed by atoms with van der Waals surface area (Å²) in [5, 5.41) is 3.20. The number of sulfonamides is 1. The van der Waals surface area contributed by atoms with E-state index in [2.05, 4.69) is 14.7 Å². The molecule has 8 nitrogen and oxygen atoms in total. The molecule has 0 bridgehead atoms. The van der Waals surface area contributed by atoms with E-state index < -0.39 is 10.0 Å². The van der Waals surface area contributed by atoms with Gasteiger partial charge < -0.3 is 4.90 Å². The minimum atomic E-state index is -3.19. The van der Waals surface area contributed by atoms with Gasteiger partial charge in [0.2, 0.25) is 15.2 Å². The molecule has 1 N–H and O–H groups in total. The number of piperazine rings is 1. The number of rotatable bonds is 3. The summed E-state index contributed by atoms with van der Waals surface area (Å²) < 4.78 is 29.3. The van der Waals surface area contributed by atoms with Gasteiger partial charge in [0.25, 0.3) is 0 Å². The van der Waals surface area contributed by atoms with Gasteiger partial charge >= 0.3 is 6.03 Å². The summed E-state index contributed by atoms with van der Waals surface area (Å²) in [5.74, 6) is 0.774. The Labute approximate surface area is 141 Å². The summed E-state index contributed by atoms with van der Waals surface area (Å²) in [7, 11) is -3.19. The van der Waals surface area contributed by atoms with Crippen LogP contribution in [0.5, 0.6) is 0 Å². The molecule has 0 unspecified atom stereocenters. The summed E-state index contributed by atoms with van der Waals surface area (Å²) >= 11 is 1.15. The van der Waals surface area contributed by atoms with Crippen molar-refractivity contribution in [3.05, 3.63) is 5.82 Å². The van der Waals surface area contributed by atoms with Crippen LogP contribution in [0.25, 0.3) is 0 Å². The van der Waals surface area contributed by atoms with E-state index in [9.17, 15) is 13.2 Å². The highest BCUT2D eigenvalue weighted by Gasteiger charge is 2.28. The molecular weight excluding hydrogens is 338 g/mol. The molecule has 1 aromatic rings. The molecule has 1 aliphatic rings. The van der Waals surface area contributed by atoms with Crippen molar-refractivity contribution >= 4 is 32.7 Å².